The summed E-state index contributed by atoms with van der Waals surface area (Å²) in [7, 11) is 2.03. The smallest absolute Gasteiger partial charge is 0.223 e. The predicted molar refractivity (Wildman–Crippen MR) is 76.7 cm³/mol. The average molecular weight is 278 g/mol. The molecule has 1 aliphatic heterocycles. The summed E-state index contributed by atoms with van der Waals surface area (Å²) in [5, 5.41) is 15.7. The summed E-state index contributed by atoms with van der Waals surface area (Å²) in [6.07, 6.45) is 1.65. The fourth-order valence-corrected chi connectivity index (χ4v) is 2.23. The van der Waals surface area contributed by atoms with Crippen LogP contribution in [-0.2, 0) is 4.74 Å². The van der Waals surface area contributed by atoms with Gasteiger partial charge in [-0.05, 0) is 51.2 Å². The molecule has 0 saturated carbocycles. The van der Waals surface area contributed by atoms with E-state index in [2.05, 4.69) is 4.90 Å². The van der Waals surface area contributed by atoms with Crippen LogP contribution in [0.3, 0.4) is 0 Å². The number of ether oxygens (including phenoxy) is 1. The first-order chi connectivity index (χ1) is 9.47. The molecule has 0 aromatic heterocycles. The molecular weight excluding hydrogens is 259 g/mol. The van der Waals surface area contributed by atoms with Gasteiger partial charge in [-0.3, -0.25) is 10.8 Å². The number of rotatable bonds is 2. The minimum Gasteiger partial charge on any atom is -0.425 e. The Labute approximate surface area is 117 Å². The molecule has 0 spiro atoms. The number of nitrogens with two attached hydrogens (primary N) is 1. The number of hydrogen-bond donors (Lipinski definition) is 3. The van der Waals surface area contributed by atoms with Crippen molar-refractivity contribution < 1.29 is 9.13 Å². The summed E-state index contributed by atoms with van der Waals surface area (Å²) < 4.78 is 18.9. The lowest BCUT2D eigenvalue weighted by atomic mass is 9.97. The molecule has 0 atom stereocenters. The van der Waals surface area contributed by atoms with Crippen LogP contribution in [0.1, 0.15) is 18.4 Å². The van der Waals surface area contributed by atoms with Crippen molar-refractivity contribution >= 4 is 17.5 Å². The van der Waals surface area contributed by atoms with Gasteiger partial charge in [-0.1, -0.05) is 0 Å². The van der Waals surface area contributed by atoms with Crippen molar-refractivity contribution in [3.8, 4) is 0 Å². The van der Waals surface area contributed by atoms with Crippen molar-refractivity contribution in [2.24, 2.45) is 5.92 Å². The second-order valence-electron chi connectivity index (χ2n) is 5.11. The molecular formula is C14H19FN4O. The number of nitrogens with one attached hydrogen (secondary N) is 2. The Bertz CT molecular complexity index is 524. The summed E-state index contributed by atoms with van der Waals surface area (Å²) in [6.45, 7) is 1.81. The third kappa shape index (κ3) is 3.33. The van der Waals surface area contributed by atoms with E-state index < -0.39 is 5.82 Å². The van der Waals surface area contributed by atoms with Crippen LogP contribution in [0.4, 0.5) is 10.1 Å². The largest absolute Gasteiger partial charge is 0.425 e. The van der Waals surface area contributed by atoms with E-state index in [-0.39, 0.29) is 23.3 Å². The highest BCUT2D eigenvalue weighted by molar-refractivity contribution is 6.00. The van der Waals surface area contributed by atoms with Gasteiger partial charge in [0.15, 0.2) is 5.90 Å². The number of hydrogen-bond acceptors (Lipinski definition) is 5. The number of benzene rings is 1. The number of anilines is 1. The molecule has 0 unspecified atom stereocenters. The molecule has 1 heterocycles. The van der Waals surface area contributed by atoms with Crippen molar-refractivity contribution in [1.82, 2.24) is 4.90 Å². The highest BCUT2D eigenvalue weighted by Crippen LogP contribution is 2.19. The molecule has 0 aliphatic carbocycles. The van der Waals surface area contributed by atoms with Gasteiger partial charge in [0.2, 0.25) is 5.90 Å². The van der Waals surface area contributed by atoms with Gasteiger partial charge < -0.3 is 15.4 Å². The maximum Gasteiger partial charge on any atom is 0.223 e. The van der Waals surface area contributed by atoms with E-state index in [0.717, 1.165) is 32.0 Å². The Morgan fingerprint density at radius 2 is 2.00 bits per heavy atom. The van der Waals surface area contributed by atoms with Crippen molar-refractivity contribution in [2.45, 2.75) is 12.8 Å². The lowest BCUT2D eigenvalue weighted by Gasteiger charge is -2.28. The predicted octanol–water partition coefficient (Wildman–Crippen LogP) is 2.07. The zero-order valence-electron chi connectivity index (χ0n) is 11.4. The monoisotopic (exact) mass is 278 g/mol. The van der Waals surface area contributed by atoms with Crippen LogP contribution in [-0.4, -0.2) is 36.8 Å². The van der Waals surface area contributed by atoms with Crippen LogP contribution in [0, 0.1) is 22.6 Å². The van der Waals surface area contributed by atoms with Gasteiger partial charge in [-0.15, -0.1) is 0 Å². The topological polar surface area (TPSA) is 86.2 Å². The quantitative estimate of drug-likeness (QED) is 0.440. The first-order valence-electron chi connectivity index (χ1n) is 6.56. The third-order valence-electron chi connectivity index (χ3n) is 3.54. The zero-order valence-corrected chi connectivity index (χ0v) is 11.4. The fraction of sp³-hybridized carbons (Fsp3) is 0.429. The van der Waals surface area contributed by atoms with E-state index in [0.29, 0.717) is 5.69 Å². The molecule has 4 N–H and O–H groups in total. The fourth-order valence-electron chi connectivity index (χ4n) is 2.23. The van der Waals surface area contributed by atoms with Gasteiger partial charge in [0.1, 0.15) is 5.82 Å². The molecule has 0 amide bonds. The van der Waals surface area contributed by atoms with E-state index in [1.165, 1.54) is 12.1 Å². The normalized spacial score (nSPS) is 16.9. The van der Waals surface area contributed by atoms with Crippen molar-refractivity contribution in [2.75, 3.05) is 25.9 Å². The lowest BCUT2D eigenvalue weighted by Crippen LogP contribution is -2.34. The Morgan fingerprint density at radius 3 is 2.60 bits per heavy atom. The zero-order chi connectivity index (χ0) is 14.7. The first-order valence-corrected chi connectivity index (χ1v) is 6.56. The number of nitrogen functional groups attached to an aromatic ring is 1. The highest BCUT2D eigenvalue weighted by atomic mass is 19.1. The number of nitrogens with zero attached hydrogens (tertiary/aromatic N) is 1. The number of halogens is 1. The lowest BCUT2D eigenvalue weighted by molar-refractivity contribution is 0.240. The second kappa shape index (κ2) is 6.00. The number of piperidine rings is 1. The van der Waals surface area contributed by atoms with Crippen molar-refractivity contribution in [3.63, 3.8) is 0 Å². The van der Waals surface area contributed by atoms with Gasteiger partial charge in [0.25, 0.3) is 0 Å². The van der Waals surface area contributed by atoms with Crippen molar-refractivity contribution in [3.05, 3.63) is 29.6 Å². The van der Waals surface area contributed by atoms with E-state index >= 15 is 0 Å². The van der Waals surface area contributed by atoms with Crippen LogP contribution in [0.5, 0.6) is 0 Å². The van der Waals surface area contributed by atoms with Gasteiger partial charge in [0, 0.05) is 11.6 Å². The highest BCUT2D eigenvalue weighted by Gasteiger charge is 2.23. The van der Waals surface area contributed by atoms with E-state index in [1.54, 1.807) is 0 Å². The summed E-state index contributed by atoms with van der Waals surface area (Å²) in [5.41, 5.74) is 5.78. The molecule has 1 fully saturated rings. The first kappa shape index (κ1) is 14.5. The standard InChI is InChI=1S/C14H19FN4O/c1-19-6-4-9(5-7-19)13(17)20-14(18)11-3-2-10(16)8-12(11)15/h2-3,8-9,17-18H,4-7,16H2,1H3. The summed E-state index contributed by atoms with van der Waals surface area (Å²) >= 11 is 0. The summed E-state index contributed by atoms with van der Waals surface area (Å²) in [4.78, 5) is 2.19. The molecule has 6 heteroatoms. The molecule has 1 aromatic carbocycles. The molecule has 0 radical (unpaired) electrons. The van der Waals surface area contributed by atoms with Gasteiger partial charge in [0.05, 0.1) is 5.56 Å². The van der Waals surface area contributed by atoms with E-state index in [4.69, 9.17) is 21.3 Å². The van der Waals surface area contributed by atoms with Crippen LogP contribution in [0.25, 0.3) is 0 Å². The van der Waals surface area contributed by atoms with Crippen LogP contribution < -0.4 is 5.73 Å². The summed E-state index contributed by atoms with van der Waals surface area (Å²) in [5.74, 6) is -0.902. The van der Waals surface area contributed by atoms with Gasteiger partial charge in [-0.2, -0.15) is 0 Å². The van der Waals surface area contributed by atoms with Crippen LogP contribution in [0.15, 0.2) is 18.2 Å². The van der Waals surface area contributed by atoms with Crippen LogP contribution >= 0.6 is 0 Å². The van der Waals surface area contributed by atoms with Gasteiger partial charge >= 0.3 is 0 Å². The second-order valence-corrected chi connectivity index (χ2v) is 5.11. The SMILES string of the molecule is CN1CCC(C(=N)OC(=N)c2ccc(N)cc2F)CC1. The Balaban J connectivity index is 1.99. The third-order valence-corrected chi connectivity index (χ3v) is 3.54. The average Bonchev–Trinajstić information content (AvgIpc) is 2.39. The molecule has 1 saturated heterocycles. The van der Waals surface area contributed by atoms with Crippen LogP contribution in [0.2, 0.25) is 0 Å². The van der Waals surface area contributed by atoms with Crippen molar-refractivity contribution in [1.29, 1.82) is 10.8 Å². The maximum absolute atomic E-state index is 13.7. The Kier molecular flexibility index (Phi) is 4.34. The maximum atomic E-state index is 13.7. The summed E-state index contributed by atoms with van der Waals surface area (Å²) in [6, 6.07) is 4.05. The molecule has 1 aromatic rings. The van der Waals surface area contributed by atoms with E-state index in [9.17, 15) is 4.39 Å². The molecule has 20 heavy (non-hydrogen) atoms. The number of likely N-dealkylation sites (tertiary alicyclic amines) is 1. The molecule has 1 aliphatic rings. The van der Waals surface area contributed by atoms with E-state index in [1.807, 2.05) is 7.05 Å². The molecule has 5 nitrogen and oxygen atoms in total. The molecule has 2 rings (SSSR count). The minimum atomic E-state index is -0.605. The molecule has 108 valence electrons. The Morgan fingerprint density at radius 1 is 1.35 bits per heavy atom. The minimum absolute atomic E-state index is 0.00314. The Hall–Kier alpha value is -1.95. The molecule has 0 bridgehead atoms. The van der Waals surface area contributed by atoms with Gasteiger partial charge in [-0.25, -0.2) is 4.39 Å².